The number of fused-ring (bicyclic) bond motifs is 1. The molecule has 2 aromatic carbocycles. The number of carbonyl (C=O) groups is 2. The maximum Gasteiger partial charge on any atom is 0.273 e. The molecule has 4 rings (SSSR count). The van der Waals surface area contributed by atoms with Crippen molar-refractivity contribution in [1.29, 1.82) is 0 Å². The van der Waals surface area contributed by atoms with Gasteiger partial charge in [-0.15, -0.1) is 10.2 Å². The molecule has 0 atom stereocenters. The summed E-state index contributed by atoms with van der Waals surface area (Å²) < 4.78 is 26.7. The predicted octanol–water partition coefficient (Wildman–Crippen LogP) is 3.36. The summed E-state index contributed by atoms with van der Waals surface area (Å²) in [6, 6.07) is 9.79. The second-order valence-corrected chi connectivity index (χ2v) is 9.32. The molecule has 0 radical (unpaired) electrons. The Morgan fingerprint density at radius 2 is 1.90 bits per heavy atom. The summed E-state index contributed by atoms with van der Waals surface area (Å²) >= 11 is 7.08. The van der Waals surface area contributed by atoms with Crippen LogP contribution in [0.15, 0.2) is 47.4 Å². The van der Waals surface area contributed by atoms with E-state index in [-0.39, 0.29) is 21.7 Å². The molecule has 0 saturated heterocycles. The number of nitrogens with zero attached hydrogens (tertiary/aromatic N) is 3. The van der Waals surface area contributed by atoms with E-state index in [0.29, 0.717) is 20.9 Å². The summed E-state index contributed by atoms with van der Waals surface area (Å²) in [4.78, 5) is 25.0. The lowest BCUT2D eigenvalue weighted by atomic mass is 10.1. The molecule has 0 fully saturated rings. The molecule has 0 bridgehead atoms. The van der Waals surface area contributed by atoms with E-state index in [1.165, 1.54) is 53.8 Å². The highest BCUT2D eigenvalue weighted by Gasteiger charge is 2.42. The first-order valence-corrected chi connectivity index (χ1v) is 11.1. The van der Waals surface area contributed by atoms with Gasteiger partial charge < -0.3 is 0 Å². The van der Waals surface area contributed by atoms with E-state index >= 15 is 0 Å². The summed E-state index contributed by atoms with van der Waals surface area (Å²) in [6.07, 6.45) is 0.688. The molecule has 1 aliphatic rings. The highest BCUT2D eigenvalue weighted by atomic mass is 35.5. The zero-order valence-electron chi connectivity index (χ0n) is 14.9. The number of hydrogen-bond acceptors (Lipinski definition) is 7. The van der Waals surface area contributed by atoms with Crippen LogP contribution in [0, 0.1) is 0 Å². The predicted molar refractivity (Wildman–Crippen MR) is 109 cm³/mol. The van der Waals surface area contributed by atoms with Crippen LogP contribution >= 0.6 is 22.9 Å². The fraction of sp³-hybridized carbons (Fsp3) is 0.111. The van der Waals surface area contributed by atoms with Crippen LogP contribution in [0.1, 0.15) is 32.6 Å². The number of aromatic nitrogens is 2. The van der Waals surface area contributed by atoms with Crippen LogP contribution in [0.4, 0.5) is 10.8 Å². The van der Waals surface area contributed by atoms with Crippen LogP contribution in [0.2, 0.25) is 5.02 Å². The summed E-state index contributed by atoms with van der Waals surface area (Å²) in [5.74, 6) is -1.23. The molecule has 1 aliphatic heterocycles. The third kappa shape index (κ3) is 3.39. The topological polar surface area (TPSA) is 109 Å². The van der Waals surface area contributed by atoms with E-state index in [9.17, 15) is 18.0 Å². The quantitative estimate of drug-likeness (QED) is 0.655. The van der Waals surface area contributed by atoms with Crippen LogP contribution in [-0.4, -0.2) is 30.4 Å². The number of aryl methyl sites for hydroxylation is 1. The normalized spacial score (nSPS) is 14.7. The number of hydrogen-bond donors (Lipinski definition) is 1. The van der Waals surface area contributed by atoms with Crippen molar-refractivity contribution in [3.05, 3.63) is 63.6 Å². The smallest absolute Gasteiger partial charge is 0.273 e. The first-order chi connectivity index (χ1) is 13.8. The summed E-state index contributed by atoms with van der Waals surface area (Å²) in [6.45, 7) is 1.92. The number of sulfonamides is 1. The van der Waals surface area contributed by atoms with Gasteiger partial charge in [0.05, 0.1) is 11.3 Å². The van der Waals surface area contributed by atoms with Crippen molar-refractivity contribution in [2.75, 3.05) is 9.62 Å². The van der Waals surface area contributed by atoms with E-state index in [4.69, 9.17) is 11.6 Å². The fourth-order valence-corrected chi connectivity index (χ4v) is 5.24. The number of amides is 2. The SMILES string of the molecule is CCc1nnc(NC(=O)c2ccc3c(c2)S(=O)(=O)N(c2ccc(Cl)cc2)C3=O)s1. The summed E-state index contributed by atoms with van der Waals surface area (Å²) in [5.41, 5.74) is 0.259. The van der Waals surface area contributed by atoms with E-state index in [1.54, 1.807) is 0 Å². The Morgan fingerprint density at radius 1 is 1.17 bits per heavy atom. The lowest BCUT2D eigenvalue weighted by molar-refractivity contribution is 0.100. The Labute approximate surface area is 175 Å². The molecule has 2 heterocycles. The van der Waals surface area contributed by atoms with Gasteiger partial charge in [-0.05, 0) is 48.9 Å². The molecular weight excluding hydrogens is 436 g/mol. The lowest BCUT2D eigenvalue weighted by Gasteiger charge is -2.14. The summed E-state index contributed by atoms with van der Waals surface area (Å²) in [5, 5.41) is 11.9. The first kappa shape index (κ1) is 19.5. The van der Waals surface area contributed by atoms with Crippen molar-refractivity contribution in [3.8, 4) is 0 Å². The van der Waals surface area contributed by atoms with Gasteiger partial charge in [0.15, 0.2) is 0 Å². The summed E-state index contributed by atoms with van der Waals surface area (Å²) in [7, 11) is -4.15. The minimum absolute atomic E-state index is 0.000634. The van der Waals surface area contributed by atoms with Crippen LogP contribution in [0.3, 0.4) is 0 Å². The molecule has 0 spiro atoms. The molecule has 8 nitrogen and oxygen atoms in total. The molecule has 0 unspecified atom stereocenters. The number of anilines is 2. The van der Waals surface area contributed by atoms with Gasteiger partial charge >= 0.3 is 0 Å². The molecule has 0 aliphatic carbocycles. The zero-order chi connectivity index (χ0) is 20.8. The standard InChI is InChI=1S/C18H13ClN4O4S2/c1-2-15-21-22-18(28-15)20-16(24)10-3-8-13-14(9-10)29(26,27)23(17(13)25)12-6-4-11(19)5-7-12/h3-9H,2H2,1H3,(H,20,22,24). The van der Waals surface area contributed by atoms with Crippen LogP contribution in [-0.2, 0) is 16.4 Å². The van der Waals surface area contributed by atoms with E-state index < -0.39 is 21.8 Å². The first-order valence-electron chi connectivity index (χ1n) is 8.44. The Bertz CT molecular complexity index is 1240. The van der Waals surface area contributed by atoms with Crippen molar-refractivity contribution in [3.63, 3.8) is 0 Å². The molecule has 29 heavy (non-hydrogen) atoms. The van der Waals surface area contributed by atoms with Crippen molar-refractivity contribution < 1.29 is 18.0 Å². The van der Waals surface area contributed by atoms with E-state index in [2.05, 4.69) is 15.5 Å². The minimum atomic E-state index is -4.15. The van der Waals surface area contributed by atoms with Crippen LogP contribution in [0.5, 0.6) is 0 Å². The van der Waals surface area contributed by atoms with Crippen LogP contribution < -0.4 is 9.62 Å². The second-order valence-electron chi connectivity index (χ2n) is 6.07. The van der Waals surface area contributed by atoms with Crippen molar-refractivity contribution in [1.82, 2.24) is 10.2 Å². The minimum Gasteiger partial charge on any atom is -0.296 e. The average molecular weight is 449 g/mol. The highest BCUT2D eigenvalue weighted by molar-refractivity contribution is 7.94. The van der Waals surface area contributed by atoms with Crippen molar-refractivity contribution in [2.24, 2.45) is 0 Å². The van der Waals surface area contributed by atoms with Gasteiger partial charge in [-0.2, -0.15) is 4.31 Å². The van der Waals surface area contributed by atoms with Crippen molar-refractivity contribution >= 4 is 55.6 Å². The van der Waals surface area contributed by atoms with Gasteiger partial charge in [0.2, 0.25) is 5.13 Å². The number of benzene rings is 2. The largest absolute Gasteiger partial charge is 0.296 e. The van der Waals surface area contributed by atoms with Gasteiger partial charge in [0.1, 0.15) is 9.90 Å². The number of nitrogens with one attached hydrogen (secondary N) is 1. The molecule has 3 aromatic rings. The Balaban J connectivity index is 1.68. The van der Waals surface area contributed by atoms with Crippen LogP contribution in [0.25, 0.3) is 0 Å². The maximum atomic E-state index is 13.0. The van der Waals surface area contributed by atoms with Gasteiger partial charge in [-0.1, -0.05) is 29.9 Å². The molecule has 1 N–H and O–H groups in total. The number of halogens is 1. The molecule has 11 heteroatoms. The van der Waals surface area contributed by atoms with Gasteiger partial charge in [-0.25, -0.2) is 8.42 Å². The maximum absolute atomic E-state index is 13.0. The Morgan fingerprint density at radius 3 is 2.55 bits per heavy atom. The van der Waals surface area contributed by atoms with Gasteiger partial charge in [0, 0.05) is 10.6 Å². The average Bonchev–Trinajstić information content (AvgIpc) is 3.23. The monoisotopic (exact) mass is 448 g/mol. The lowest BCUT2D eigenvalue weighted by Crippen LogP contribution is -2.29. The highest BCUT2D eigenvalue weighted by Crippen LogP contribution is 2.35. The Hall–Kier alpha value is -2.82. The molecule has 1 aromatic heterocycles. The fourth-order valence-electron chi connectivity index (χ4n) is 2.82. The van der Waals surface area contributed by atoms with Gasteiger partial charge in [-0.3, -0.25) is 14.9 Å². The van der Waals surface area contributed by atoms with E-state index in [0.717, 1.165) is 5.01 Å². The zero-order valence-corrected chi connectivity index (χ0v) is 17.3. The second kappa shape index (κ2) is 7.21. The van der Waals surface area contributed by atoms with Gasteiger partial charge in [0.25, 0.3) is 21.8 Å². The van der Waals surface area contributed by atoms with E-state index in [1.807, 2.05) is 6.92 Å². The molecule has 148 valence electrons. The third-order valence-electron chi connectivity index (χ3n) is 4.23. The molecular formula is C18H13ClN4O4S2. The number of carbonyl (C=O) groups excluding carboxylic acids is 2. The molecule has 0 saturated carbocycles. The van der Waals surface area contributed by atoms with Crippen molar-refractivity contribution in [2.45, 2.75) is 18.2 Å². The third-order valence-corrected chi connectivity index (χ3v) is 7.21. The number of rotatable bonds is 4. The molecule has 2 amide bonds. The Kier molecular flexibility index (Phi) is 4.85.